The number of carbonyl (C=O) groups is 2. The zero-order chi connectivity index (χ0) is 20.5. The third-order valence-corrected chi connectivity index (χ3v) is 4.75. The number of nitrogens with zero attached hydrogens (tertiary/aromatic N) is 4. The van der Waals surface area contributed by atoms with Crippen LogP contribution in [0.2, 0.25) is 0 Å². The van der Waals surface area contributed by atoms with E-state index >= 15 is 0 Å². The van der Waals surface area contributed by atoms with E-state index in [4.69, 9.17) is 4.74 Å². The van der Waals surface area contributed by atoms with Crippen molar-refractivity contribution in [2.75, 3.05) is 18.6 Å². The number of methoxy groups -OCH3 is 1. The standard InChI is InChI=1S/C20H16N4O5/c1-29-20(26)14-5-6-18-13(11-14)7-9-22(18)19(25)17-8-10-23(21-17)15-3-2-4-16(12-15)24(27)28/h2-6,8,10-12H,7,9H2,1H3. The smallest absolute Gasteiger partial charge is 0.337 e. The first kappa shape index (κ1) is 18.4. The van der Waals surface area contributed by atoms with Gasteiger partial charge in [0.15, 0.2) is 5.69 Å². The van der Waals surface area contributed by atoms with Crippen molar-refractivity contribution in [2.45, 2.75) is 6.42 Å². The number of nitro groups is 1. The second-order valence-corrected chi connectivity index (χ2v) is 6.46. The number of esters is 1. The van der Waals surface area contributed by atoms with Crippen LogP contribution in [-0.4, -0.2) is 40.2 Å². The van der Waals surface area contributed by atoms with Crippen LogP contribution in [0.4, 0.5) is 11.4 Å². The number of nitro benzene ring substituents is 1. The molecule has 0 N–H and O–H groups in total. The number of carbonyl (C=O) groups excluding carboxylic acids is 2. The number of anilines is 1. The van der Waals surface area contributed by atoms with Gasteiger partial charge in [-0.25, -0.2) is 9.48 Å². The Kier molecular flexibility index (Phi) is 4.55. The molecule has 0 unspecified atom stereocenters. The molecule has 0 spiro atoms. The monoisotopic (exact) mass is 392 g/mol. The van der Waals surface area contributed by atoms with Gasteiger partial charge in [-0.15, -0.1) is 0 Å². The highest BCUT2D eigenvalue weighted by atomic mass is 16.6. The minimum atomic E-state index is -0.483. The molecule has 0 atom stereocenters. The lowest BCUT2D eigenvalue weighted by molar-refractivity contribution is -0.384. The fourth-order valence-corrected chi connectivity index (χ4v) is 3.33. The molecule has 2 aromatic carbocycles. The Morgan fingerprint density at radius 1 is 1.17 bits per heavy atom. The summed E-state index contributed by atoms with van der Waals surface area (Å²) in [6.07, 6.45) is 2.21. The third kappa shape index (κ3) is 3.33. The average Bonchev–Trinajstić information content (AvgIpc) is 3.39. The van der Waals surface area contributed by atoms with Gasteiger partial charge in [0.05, 0.1) is 23.3 Å². The van der Waals surface area contributed by atoms with E-state index in [1.807, 2.05) is 0 Å². The Labute approximate surface area is 165 Å². The van der Waals surface area contributed by atoms with E-state index in [0.717, 1.165) is 11.3 Å². The maximum Gasteiger partial charge on any atom is 0.337 e. The Morgan fingerprint density at radius 2 is 2.00 bits per heavy atom. The third-order valence-electron chi connectivity index (χ3n) is 4.75. The topological polar surface area (TPSA) is 108 Å². The zero-order valence-electron chi connectivity index (χ0n) is 15.4. The molecular weight excluding hydrogens is 376 g/mol. The minimum Gasteiger partial charge on any atom is -0.465 e. The highest BCUT2D eigenvalue weighted by Crippen LogP contribution is 2.30. The van der Waals surface area contributed by atoms with Gasteiger partial charge in [-0.05, 0) is 42.3 Å². The van der Waals surface area contributed by atoms with Crippen LogP contribution in [-0.2, 0) is 11.2 Å². The number of ether oxygens (including phenoxy) is 1. The molecule has 146 valence electrons. The van der Waals surface area contributed by atoms with Crippen molar-refractivity contribution in [3.63, 3.8) is 0 Å². The van der Waals surface area contributed by atoms with E-state index in [9.17, 15) is 19.7 Å². The largest absolute Gasteiger partial charge is 0.465 e. The molecule has 0 fully saturated rings. The summed E-state index contributed by atoms with van der Waals surface area (Å²) in [7, 11) is 1.32. The van der Waals surface area contributed by atoms with Gasteiger partial charge in [0.2, 0.25) is 0 Å². The highest BCUT2D eigenvalue weighted by Gasteiger charge is 2.28. The molecule has 0 radical (unpaired) electrons. The summed E-state index contributed by atoms with van der Waals surface area (Å²) in [5.41, 5.74) is 2.72. The van der Waals surface area contributed by atoms with Gasteiger partial charge in [0.1, 0.15) is 0 Å². The Balaban J connectivity index is 1.59. The fraction of sp³-hybridized carbons (Fsp3) is 0.150. The van der Waals surface area contributed by atoms with Crippen LogP contribution >= 0.6 is 0 Å². The SMILES string of the molecule is COC(=O)c1ccc2c(c1)CCN2C(=O)c1ccn(-c2cccc([N+](=O)[O-])c2)n1. The number of hydrogen-bond donors (Lipinski definition) is 0. The molecule has 0 bridgehead atoms. The van der Waals surface area contributed by atoms with E-state index in [1.54, 1.807) is 47.5 Å². The van der Waals surface area contributed by atoms with Crippen molar-refractivity contribution < 1.29 is 19.2 Å². The van der Waals surface area contributed by atoms with Crippen LogP contribution in [0, 0.1) is 10.1 Å². The zero-order valence-corrected chi connectivity index (χ0v) is 15.4. The number of amides is 1. The molecule has 29 heavy (non-hydrogen) atoms. The lowest BCUT2D eigenvalue weighted by atomic mass is 10.1. The molecule has 4 rings (SSSR count). The average molecular weight is 392 g/mol. The molecule has 9 nitrogen and oxygen atoms in total. The highest BCUT2D eigenvalue weighted by molar-refractivity contribution is 6.06. The second kappa shape index (κ2) is 7.19. The van der Waals surface area contributed by atoms with Crippen LogP contribution in [0.25, 0.3) is 5.69 Å². The van der Waals surface area contributed by atoms with E-state index in [0.29, 0.717) is 24.2 Å². The summed E-state index contributed by atoms with van der Waals surface area (Å²) in [6, 6.07) is 12.7. The van der Waals surface area contributed by atoms with Crippen molar-refractivity contribution in [2.24, 2.45) is 0 Å². The van der Waals surface area contributed by atoms with Gasteiger partial charge < -0.3 is 9.64 Å². The number of benzene rings is 2. The summed E-state index contributed by atoms with van der Waals surface area (Å²) >= 11 is 0. The summed E-state index contributed by atoms with van der Waals surface area (Å²) < 4.78 is 6.16. The van der Waals surface area contributed by atoms with Crippen molar-refractivity contribution in [1.29, 1.82) is 0 Å². The van der Waals surface area contributed by atoms with Crippen LogP contribution in [0.3, 0.4) is 0 Å². The number of hydrogen-bond acceptors (Lipinski definition) is 6. The van der Waals surface area contributed by atoms with E-state index in [2.05, 4.69) is 5.10 Å². The van der Waals surface area contributed by atoms with Crippen molar-refractivity contribution in [3.05, 3.63) is 81.7 Å². The first-order valence-corrected chi connectivity index (χ1v) is 8.81. The predicted molar refractivity (Wildman–Crippen MR) is 103 cm³/mol. The summed E-state index contributed by atoms with van der Waals surface area (Å²) in [4.78, 5) is 36.7. The maximum atomic E-state index is 13.0. The van der Waals surface area contributed by atoms with Crippen molar-refractivity contribution >= 4 is 23.3 Å². The lowest BCUT2D eigenvalue weighted by Gasteiger charge is -2.16. The quantitative estimate of drug-likeness (QED) is 0.384. The molecule has 0 saturated heterocycles. The molecule has 1 aliphatic rings. The predicted octanol–water partition coefficient (Wildman–Crippen LogP) is 2.77. The number of non-ortho nitro benzene ring substituents is 1. The van der Waals surface area contributed by atoms with Crippen molar-refractivity contribution in [1.82, 2.24) is 9.78 Å². The minimum absolute atomic E-state index is 0.0549. The lowest BCUT2D eigenvalue weighted by Crippen LogP contribution is -2.29. The maximum absolute atomic E-state index is 13.0. The molecule has 1 aliphatic heterocycles. The first-order chi connectivity index (χ1) is 14.0. The molecular formula is C20H16N4O5. The van der Waals surface area contributed by atoms with Crippen molar-refractivity contribution in [3.8, 4) is 5.69 Å². The van der Waals surface area contributed by atoms with Gasteiger partial charge in [0, 0.05) is 30.6 Å². The van der Waals surface area contributed by atoms with E-state index in [1.165, 1.54) is 23.9 Å². The number of rotatable bonds is 4. The van der Waals surface area contributed by atoms with Gasteiger partial charge in [0.25, 0.3) is 11.6 Å². The number of fused-ring (bicyclic) bond motifs is 1. The van der Waals surface area contributed by atoms with Gasteiger partial charge in [-0.3, -0.25) is 14.9 Å². The van der Waals surface area contributed by atoms with E-state index < -0.39 is 10.9 Å². The Bertz CT molecular complexity index is 1140. The normalized spacial score (nSPS) is 12.5. The summed E-state index contributed by atoms with van der Waals surface area (Å²) in [5, 5.41) is 15.2. The summed E-state index contributed by atoms with van der Waals surface area (Å²) in [5.74, 6) is -0.702. The molecule has 2 heterocycles. The van der Waals surface area contributed by atoms with Crippen LogP contribution in [0.1, 0.15) is 26.4 Å². The molecule has 0 saturated carbocycles. The Hall–Kier alpha value is -4.01. The fourth-order valence-electron chi connectivity index (χ4n) is 3.33. The van der Waals surface area contributed by atoms with Crippen LogP contribution < -0.4 is 4.90 Å². The molecule has 0 aliphatic carbocycles. The van der Waals surface area contributed by atoms with Gasteiger partial charge >= 0.3 is 5.97 Å². The first-order valence-electron chi connectivity index (χ1n) is 8.81. The summed E-state index contributed by atoms with van der Waals surface area (Å²) in [6.45, 7) is 0.475. The van der Waals surface area contributed by atoms with Gasteiger partial charge in [-0.1, -0.05) is 6.07 Å². The van der Waals surface area contributed by atoms with E-state index in [-0.39, 0.29) is 17.3 Å². The van der Waals surface area contributed by atoms with Crippen LogP contribution in [0.15, 0.2) is 54.7 Å². The molecule has 3 aromatic rings. The van der Waals surface area contributed by atoms with Gasteiger partial charge in [-0.2, -0.15) is 5.10 Å². The second-order valence-electron chi connectivity index (χ2n) is 6.46. The molecule has 9 heteroatoms. The Morgan fingerprint density at radius 3 is 2.76 bits per heavy atom. The number of aromatic nitrogens is 2. The van der Waals surface area contributed by atoms with Crippen LogP contribution in [0.5, 0.6) is 0 Å². The molecule has 1 aromatic heterocycles. The molecule has 1 amide bonds.